The van der Waals surface area contributed by atoms with E-state index in [0.29, 0.717) is 36.5 Å². The van der Waals surface area contributed by atoms with Crippen LogP contribution in [0.4, 0.5) is 5.69 Å². The van der Waals surface area contributed by atoms with Gasteiger partial charge in [-0.15, -0.1) is 0 Å². The highest BCUT2D eigenvalue weighted by atomic mass is 32.2. The van der Waals surface area contributed by atoms with Crippen molar-refractivity contribution in [2.45, 2.75) is 19.4 Å². The number of amides is 1. The molecule has 2 heterocycles. The van der Waals surface area contributed by atoms with Gasteiger partial charge in [-0.3, -0.25) is 9.10 Å². The standard InChI is InChI=1S/C17H20N2O4S/c1-18(13-16-8-5-10-23-16)17(20)14-6-4-7-15(12-14)19-9-2-3-11-24(19,21)22/h4-8,10,12H,2-3,9,11,13H2,1H3. The van der Waals surface area contributed by atoms with E-state index in [1.165, 1.54) is 4.31 Å². The van der Waals surface area contributed by atoms with Crippen LogP contribution in [0, 0.1) is 0 Å². The molecule has 0 atom stereocenters. The van der Waals surface area contributed by atoms with Gasteiger partial charge in [-0.1, -0.05) is 6.07 Å². The molecule has 1 fully saturated rings. The van der Waals surface area contributed by atoms with Crippen molar-refractivity contribution < 1.29 is 17.6 Å². The summed E-state index contributed by atoms with van der Waals surface area (Å²) in [6.45, 7) is 0.820. The normalized spacial score (nSPS) is 16.8. The molecule has 0 saturated carbocycles. The van der Waals surface area contributed by atoms with Gasteiger partial charge in [-0.05, 0) is 43.2 Å². The van der Waals surface area contributed by atoms with Gasteiger partial charge in [0.25, 0.3) is 5.91 Å². The Morgan fingerprint density at radius 1 is 1.25 bits per heavy atom. The highest BCUT2D eigenvalue weighted by Crippen LogP contribution is 2.24. The Bertz CT molecular complexity index is 815. The Labute approximate surface area is 141 Å². The molecule has 1 aromatic heterocycles. The molecule has 1 saturated heterocycles. The SMILES string of the molecule is CN(Cc1ccco1)C(=O)c1cccc(N2CCCCS2(=O)=O)c1. The summed E-state index contributed by atoms with van der Waals surface area (Å²) in [5.74, 6) is 0.673. The van der Waals surface area contributed by atoms with Crippen LogP contribution >= 0.6 is 0 Å². The molecule has 1 aromatic carbocycles. The van der Waals surface area contributed by atoms with E-state index in [-0.39, 0.29) is 11.7 Å². The van der Waals surface area contributed by atoms with E-state index in [2.05, 4.69) is 0 Å². The Hall–Kier alpha value is -2.28. The zero-order valence-corrected chi connectivity index (χ0v) is 14.3. The van der Waals surface area contributed by atoms with E-state index in [4.69, 9.17) is 4.42 Å². The number of rotatable bonds is 4. The van der Waals surface area contributed by atoms with E-state index >= 15 is 0 Å². The van der Waals surface area contributed by atoms with Gasteiger partial charge in [0.15, 0.2) is 0 Å². The van der Waals surface area contributed by atoms with Crippen molar-refractivity contribution >= 4 is 21.6 Å². The first-order valence-electron chi connectivity index (χ1n) is 7.86. The Balaban J connectivity index is 1.80. The summed E-state index contributed by atoms with van der Waals surface area (Å²) in [6.07, 6.45) is 3.08. The van der Waals surface area contributed by atoms with E-state index in [0.717, 1.165) is 6.42 Å². The molecule has 0 radical (unpaired) electrons. The van der Waals surface area contributed by atoms with Gasteiger partial charge in [0.2, 0.25) is 10.0 Å². The van der Waals surface area contributed by atoms with Gasteiger partial charge < -0.3 is 9.32 Å². The van der Waals surface area contributed by atoms with Crippen LogP contribution in [-0.4, -0.2) is 38.6 Å². The van der Waals surface area contributed by atoms with Crippen molar-refractivity contribution in [1.29, 1.82) is 0 Å². The van der Waals surface area contributed by atoms with Gasteiger partial charge in [-0.25, -0.2) is 8.42 Å². The molecule has 128 valence electrons. The number of hydrogen-bond acceptors (Lipinski definition) is 4. The van der Waals surface area contributed by atoms with Crippen molar-refractivity contribution in [3.05, 3.63) is 54.0 Å². The Morgan fingerprint density at radius 2 is 2.08 bits per heavy atom. The molecular formula is C17H20N2O4S. The maximum atomic E-state index is 12.6. The molecule has 0 bridgehead atoms. The van der Waals surface area contributed by atoms with Gasteiger partial charge in [0.05, 0.1) is 24.2 Å². The second kappa shape index (κ2) is 6.68. The molecule has 0 spiro atoms. The van der Waals surface area contributed by atoms with E-state index in [9.17, 15) is 13.2 Å². The smallest absolute Gasteiger partial charge is 0.254 e. The third-order valence-corrected chi connectivity index (χ3v) is 5.92. The fraction of sp³-hybridized carbons (Fsp3) is 0.353. The van der Waals surface area contributed by atoms with Crippen molar-refractivity contribution in [2.75, 3.05) is 23.7 Å². The first-order chi connectivity index (χ1) is 11.5. The molecule has 24 heavy (non-hydrogen) atoms. The molecule has 6 nitrogen and oxygen atoms in total. The highest BCUT2D eigenvalue weighted by molar-refractivity contribution is 7.92. The zero-order chi connectivity index (χ0) is 17.2. The number of benzene rings is 1. The first-order valence-corrected chi connectivity index (χ1v) is 9.46. The van der Waals surface area contributed by atoms with Crippen LogP contribution in [0.2, 0.25) is 0 Å². The molecule has 1 aliphatic heterocycles. The monoisotopic (exact) mass is 348 g/mol. The van der Waals surface area contributed by atoms with Gasteiger partial charge >= 0.3 is 0 Å². The van der Waals surface area contributed by atoms with E-state index < -0.39 is 10.0 Å². The molecule has 0 unspecified atom stereocenters. The molecule has 7 heteroatoms. The number of nitrogens with zero attached hydrogens (tertiary/aromatic N) is 2. The molecule has 1 aliphatic rings. The van der Waals surface area contributed by atoms with Crippen LogP contribution in [0.1, 0.15) is 29.0 Å². The van der Waals surface area contributed by atoms with Gasteiger partial charge in [-0.2, -0.15) is 0 Å². The lowest BCUT2D eigenvalue weighted by Crippen LogP contribution is -2.38. The summed E-state index contributed by atoms with van der Waals surface area (Å²) in [5, 5.41) is 0. The Kier molecular flexibility index (Phi) is 4.62. The maximum Gasteiger partial charge on any atom is 0.254 e. The number of furan rings is 1. The van der Waals surface area contributed by atoms with Crippen LogP contribution in [0.3, 0.4) is 0 Å². The summed E-state index contributed by atoms with van der Waals surface area (Å²) in [5.41, 5.74) is 1.01. The summed E-state index contributed by atoms with van der Waals surface area (Å²) in [4.78, 5) is 14.1. The van der Waals surface area contributed by atoms with Gasteiger partial charge in [0, 0.05) is 19.2 Å². The highest BCUT2D eigenvalue weighted by Gasteiger charge is 2.26. The average Bonchev–Trinajstić information content (AvgIpc) is 3.06. The minimum absolute atomic E-state index is 0.156. The minimum atomic E-state index is -3.29. The van der Waals surface area contributed by atoms with Crippen LogP contribution in [0.5, 0.6) is 0 Å². The predicted molar refractivity (Wildman–Crippen MR) is 91.3 cm³/mol. The molecule has 3 rings (SSSR count). The molecule has 1 amide bonds. The lowest BCUT2D eigenvalue weighted by atomic mass is 10.1. The lowest BCUT2D eigenvalue weighted by molar-refractivity contribution is 0.0775. The molecular weight excluding hydrogens is 328 g/mol. The third-order valence-electron chi connectivity index (χ3n) is 4.05. The fourth-order valence-corrected chi connectivity index (χ4v) is 4.43. The van der Waals surface area contributed by atoms with Crippen LogP contribution in [0.25, 0.3) is 0 Å². The maximum absolute atomic E-state index is 12.6. The second-order valence-electron chi connectivity index (χ2n) is 5.89. The van der Waals surface area contributed by atoms with Crippen LogP contribution in [0.15, 0.2) is 47.1 Å². The number of carbonyl (C=O) groups excluding carboxylic acids is 1. The average molecular weight is 348 g/mol. The summed E-state index contributed by atoms with van der Waals surface area (Å²) >= 11 is 0. The second-order valence-corrected chi connectivity index (χ2v) is 7.90. The lowest BCUT2D eigenvalue weighted by Gasteiger charge is -2.28. The third kappa shape index (κ3) is 3.46. The van der Waals surface area contributed by atoms with Crippen molar-refractivity contribution in [2.24, 2.45) is 0 Å². The topological polar surface area (TPSA) is 70.8 Å². The predicted octanol–water partition coefficient (Wildman–Crippen LogP) is 2.48. The van der Waals surface area contributed by atoms with Crippen LogP contribution in [-0.2, 0) is 16.6 Å². The quantitative estimate of drug-likeness (QED) is 0.851. The largest absolute Gasteiger partial charge is 0.467 e. The molecule has 0 N–H and O–H groups in total. The number of carbonyl (C=O) groups is 1. The van der Waals surface area contributed by atoms with Gasteiger partial charge in [0.1, 0.15) is 5.76 Å². The van der Waals surface area contributed by atoms with Crippen molar-refractivity contribution in [3.63, 3.8) is 0 Å². The van der Waals surface area contributed by atoms with E-state index in [1.807, 2.05) is 0 Å². The van der Waals surface area contributed by atoms with E-state index in [1.54, 1.807) is 54.6 Å². The summed E-state index contributed by atoms with van der Waals surface area (Å²) in [7, 11) is -1.60. The van der Waals surface area contributed by atoms with Crippen LogP contribution < -0.4 is 4.31 Å². The van der Waals surface area contributed by atoms with Crippen molar-refractivity contribution in [3.8, 4) is 0 Å². The number of sulfonamides is 1. The fourth-order valence-electron chi connectivity index (χ4n) is 2.80. The summed E-state index contributed by atoms with van der Waals surface area (Å²) < 4.78 is 31.1. The zero-order valence-electron chi connectivity index (χ0n) is 13.5. The number of hydrogen-bond donors (Lipinski definition) is 0. The minimum Gasteiger partial charge on any atom is -0.467 e. The summed E-state index contributed by atoms with van der Waals surface area (Å²) in [6, 6.07) is 10.4. The Morgan fingerprint density at radius 3 is 2.79 bits per heavy atom. The first kappa shape index (κ1) is 16.6. The molecule has 0 aliphatic carbocycles. The molecule has 2 aromatic rings. The number of anilines is 1. The van der Waals surface area contributed by atoms with Crippen molar-refractivity contribution in [1.82, 2.24) is 4.90 Å².